The number of amides is 3. The largest absolute Gasteiger partial charge is 0.355 e. The standard InChI is InChI=1S/C15H20ClN5O2/c1-10(11-4-3-5-12(16)8-11)20-14(17-2)18-6-7-21-13(22)9-19-15(21)23/h3-5,8,10H,6-7,9H2,1-2H3,(H,19,23)(H2,17,18,20). The SMILES string of the molecule is CN=C(NCCN1C(=O)CNC1=O)NC(C)c1cccc(Cl)c1. The third-order valence-corrected chi connectivity index (χ3v) is 3.73. The Morgan fingerprint density at radius 3 is 2.87 bits per heavy atom. The first-order valence-corrected chi connectivity index (χ1v) is 7.70. The van der Waals surface area contributed by atoms with Crippen LogP contribution in [-0.4, -0.2) is 49.5 Å². The van der Waals surface area contributed by atoms with Crippen LogP contribution in [0.15, 0.2) is 29.3 Å². The molecule has 0 aliphatic carbocycles. The summed E-state index contributed by atoms with van der Waals surface area (Å²) < 4.78 is 0. The van der Waals surface area contributed by atoms with Crippen LogP contribution in [0, 0.1) is 0 Å². The second-order valence-electron chi connectivity index (χ2n) is 5.12. The summed E-state index contributed by atoms with van der Waals surface area (Å²) in [6.45, 7) is 2.77. The predicted octanol–water partition coefficient (Wildman–Crippen LogP) is 1.12. The quantitative estimate of drug-likeness (QED) is 0.427. The van der Waals surface area contributed by atoms with E-state index >= 15 is 0 Å². The van der Waals surface area contributed by atoms with Crippen LogP contribution in [-0.2, 0) is 4.79 Å². The molecular weight excluding hydrogens is 318 g/mol. The number of hydrogen-bond donors (Lipinski definition) is 3. The molecule has 0 radical (unpaired) electrons. The molecule has 8 heteroatoms. The molecule has 0 aromatic heterocycles. The maximum Gasteiger partial charge on any atom is 0.324 e. The molecule has 1 aromatic rings. The van der Waals surface area contributed by atoms with Crippen molar-refractivity contribution in [3.8, 4) is 0 Å². The molecule has 2 rings (SSSR count). The van der Waals surface area contributed by atoms with Crippen molar-refractivity contribution in [3.05, 3.63) is 34.9 Å². The maximum atomic E-state index is 11.5. The van der Waals surface area contributed by atoms with Gasteiger partial charge in [0.05, 0.1) is 12.6 Å². The lowest BCUT2D eigenvalue weighted by atomic mass is 10.1. The van der Waals surface area contributed by atoms with Gasteiger partial charge in [-0.2, -0.15) is 0 Å². The molecule has 3 N–H and O–H groups in total. The summed E-state index contributed by atoms with van der Waals surface area (Å²) >= 11 is 5.99. The Labute approximate surface area is 140 Å². The lowest BCUT2D eigenvalue weighted by Gasteiger charge is -2.19. The van der Waals surface area contributed by atoms with Crippen LogP contribution in [0.5, 0.6) is 0 Å². The summed E-state index contributed by atoms with van der Waals surface area (Å²) in [6, 6.07) is 7.24. The number of hydrogen-bond acceptors (Lipinski definition) is 3. The maximum absolute atomic E-state index is 11.5. The second-order valence-corrected chi connectivity index (χ2v) is 5.56. The van der Waals surface area contributed by atoms with Crippen LogP contribution < -0.4 is 16.0 Å². The summed E-state index contributed by atoms with van der Waals surface area (Å²) in [7, 11) is 1.66. The van der Waals surface area contributed by atoms with Crippen LogP contribution >= 0.6 is 11.6 Å². The third kappa shape index (κ3) is 4.59. The highest BCUT2D eigenvalue weighted by Crippen LogP contribution is 2.17. The van der Waals surface area contributed by atoms with Crippen LogP contribution in [0.2, 0.25) is 5.02 Å². The van der Waals surface area contributed by atoms with E-state index in [2.05, 4.69) is 20.9 Å². The fourth-order valence-electron chi connectivity index (χ4n) is 2.23. The van der Waals surface area contributed by atoms with Gasteiger partial charge in [0.15, 0.2) is 5.96 Å². The Hall–Kier alpha value is -2.28. The molecule has 0 bridgehead atoms. The molecule has 1 aliphatic rings. The van der Waals surface area contributed by atoms with Gasteiger partial charge in [-0.3, -0.25) is 14.7 Å². The highest BCUT2D eigenvalue weighted by Gasteiger charge is 2.27. The van der Waals surface area contributed by atoms with Crippen molar-refractivity contribution in [2.75, 3.05) is 26.7 Å². The normalized spacial score (nSPS) is 16.3. The summed E-state index contributed by atoms with van der Waals surface area (Å²) in [6.07, 6.45) is 0. The first-order chi connectivity index (χ1) is 11.0. The van der Waals surface area contributed by atoms with Crippen molar-refractivity contribution in [3.63, 3.8) is 0 Å². The van der Waals surface area contributed by atoms with Gasteiger partial charge in [0.25, 0.3) is 0 Å². The number of aliphatic imine (C=N–C) groups is 1. The number of nitrogens with zero attached hydrogens (tertiary/aromatic N) is 2. The number of urea groups is 1. The van der Waals surface area contributed by atoms with Gasteiger partial charge in [-0.05, 0) is 24.6 Å². The third-order valence-electron chi connectivity index (χ3n) is 3.49. The van der Waals surface area contributed by atoms with E-state index in [9.17, 15) is 9.59 Å². The zero-order valence-corrected chi connectivity index (χ0v) is 13.9. The number of imide groups is 1. The predicted molar refractivity (Wildman–Crippen MR) is 89.5 cm³/mol. The van der Waals surface area contributed by atoms with Crippen molar-refractivity contribution < 1.29 is 9.59 Å². The topological polar surface area (TPSA) is 85.8 Å². The Bertz CT molecular complexity index is 604. The molecule has 124 valence electrons. The van der Waals surface area contributed by atoms with E-state index in [1.807, 2.05) is 31.2 Å². The van der Waals surface area contributed by atoms with E-state index in [1.165, 1.54) is 4.90 Å². The smallest absolute Gasteiger partial charge is 0.324 e. The molecule has 3 amide bonds. The zero-order valence-electron chi connectivity index (χ0n) is 13.1. The number of carbonyl (C=O) groups excluding carboxylic acids is 2. The Balaban J connectivity index is 1.83. The number of nitrogens with one attached hydrogen (secondary N) is 3. The minimum Gasteiger partial charge on any atom is -0.355 e. The summed E-state index contributed by atoms with van der Waals surface area (Å²) in [5, 5.41) is 9.48. The van der Waals surface area contributed by atoms with Crippen molar-refractivity contribution in [1.82, 2.24) is 20.9 Å². The summed E-state index contributed by atoms with van der Waals surface area (Å²) in [5.74, 6) is 0.372. The Kier molecular flexibility index (Phi) is 5.81. The molecule has 0 spiro atoms. The monoisotopic (exact) mass is 337 g/mol. The highest BCUT2D eigenvalue weighted by atomic mass is 35.5. The van der Waals surface area contributed by atoms with Crippen LogP contribution in [0.4, 0.5) is 4.79 Å². The molecule has 1 aliphatic heterocycles. The molecule has 1 fully saturated rings. The van der Waals surface area contributed by atoms with E-state index in [0.717, 1.165) is 5.56 Å². The van der Waals surface area contributed by atoms with Gasteiger partial charge >= 0.3 is 6.03 Å². The van der Waals surface area contributed by atoms with Crippen molar-refractivity contribution in [2.24, 2.45) is 4.99 Å². The molecule has 23 heavy (non-hydrogen) atoms. The fourth-order valence-corrected chi connectivity index (χ4v) is 2.43. The molecule has 1 saturated heterocycles. The molecule has 1 atom stereocenters. The van der Waals surface area contributed by atoms with Gasteiger partial charge in [0.2, 0.25) is 5.91 Å². The number of halogens is 1. The van der Waals surface area contributed by atoms with Crippen molar-refractivity contribution >= 4 is 29.5 Å². The summed E-state index contributed by atoms with van der Waals surface area (Å²) in [5.41, 5.74) is 1.04. The van der Waals surface area contributed by atoms with Gasteiger partial charge < -0.3 is 16.0 Å². The average molecular weight is 338 g/mol. The molecular formula is C15H20ClN5O2. The van der Waals surface area contributed by atoms with Crippen molar-refractivity contribution in [1.29, 1.82) is 0 Å². The molecule has 7 nitrogen and oxygen atoms in total. The summed E-state index contributed by atoms with van der Waals surface area (Å²) in [4.78, 5) is 28.2. The second kappa shape index (κ2) is 7.82. The lowest BCUT2D eigenvalue weighted by Crippen LogP contribution is -2.43. The Morgan fingerprint density at radius 2 is 2.26 bits per heavy atom. The van der Waals surface area contributed by atoms with E-state index in [0.29, 0.717) is 17.5 Å². The van der Waals surface area contributed by atoms with Crippen LogP contribution in [0.1, 0.15) is 18.5 Å². The number of benzene rings is 1. The van der Waals surface area contributed by atoms with E-state index in [1.54, 1.807) is 7.05 Å². The first-order valence-electron chi connectivity index (χ1n) is 7.32. The minimum absolute atomic E-state index is 0.0108. The van der Waals surface area contributed by atoms with Gasteiger partial charge in [0.1, 0.15) is 0 Å². The molecule has 1 heterocycles. The van der Waals surface area contributed by atoms with Crippen molar-refractivity contribution in [2.45, 2.75) is 13.0 Å². The number of carbonyl (C=O) groups is 2. The Morgan fingerprint density at radius 1 is 1.48 bits per heavy atom. The average Bonchev–Trinajstić information content (AvgIpc) is 2.85. The van der Waals surface area contributed by atoms with Gasteiger partial charge in [-0.1, -0.05) is 23.7 Å². The number of rotatable bonds is 5. The minimum atomic E-state index is -0.355. The van der Waals surface area contributed by atoms with E-state index in [4.69, 9.17) is 11.6 Å². The molecule has 0 saturated carbocycles. The van der Waals surface area contributed by atoms with Crippen LogP contribution in [0.25, 0.3) is 0 Å². The lowest BCUT2D eigenvalue weighted by molar-refractivity contribution is -0.124. The first kappa shape index (κ1) is 17.1. The van der Waals surface area contributed by atoms with Gasteiger partial charge in [-0.25, -0.2) is 4.79 Å². The van der Waals surface area contributed by atoms with Crippen LogP contribution in [0.3, 0.4) is 0 Å². The number of guanidine groups is 1. The zero-order chi connectivity index (χ0) is 16.8. The van der Waals surface area contributed by atoms with Gasteiger partial charge in [0, 0.05) is 25.2 Å². The molecule has 1 unspecified atom stereocenters. The molecule has 1 aromatic carbocycles. The fraction of sp³-hybridized carbons (Fsp3) is 0.400. The van der Waals surface area contributed by atoms with Gasteiger partial charge in [-0.15, -0.1) is 0 Å². The van der Waals surface area contributed by atoms with E-state index in [-0.39, 0.29) is 31.1 Å². The van der Waals surface area contributed by atoms with E-state index < -0.39 is 0 Å². The highest BCUT2D eigenvalue weighted by molar-refractivity contribution is 6.30.